The summed E-state index contributed by atoms with van der Waals surface area (Å²) in [6.07, 6.45) is 1.88. The maximum Gasteiger partial charge on any atom is 0.257 e. The highest BCUT2D eigenvalue weighted by atomic mass is 32.1. The second kappa shape index (κ2) is 5.23. The summed E-state index contributed by atoms with van der Waals surface area (Å²) in [4.78, 5) is 0. The van der Waals surface area contributed by atoms with Crippen molar-refractivity contribution in [3.8, 4) is 0 Å². The van der Waals surface area contributed by atoms with Crippen molar-refractivity contribution in [1.29, 1.82) is 0 Å². The molecule has 58 valence electrons. The van der Waals surface area contributed by atoms with Crippen LogP contribution < -0.4 is 5.32 Å². The van der Waals surface area contributed by atoms with E-state index in [1.807, 2.05) is 13.8 Å². The lowest BCUT2D eigenvalue weighted by Gasteiger charge is -2.10. The van der Waals surface area contributed by atoms with Gasteiger partial charge in [-0.05, 0) is 26.1 Å². The molecule has 0 bridgehead atoms. The molecule has 0 radical (unpaired) electrons. The summed E-state index contributed by atoms with van der Waals surface area (Å²) in [5.74, 6) is 0. The Morgan fingerprint density at radius 3 is 2.80 bits per heavy atom. The van der Waals surface area contributed by atoms with Crippen LogP contribution in [-0.4, -0.2) is 17.8 Å². The van der Waals surface area contributed by atoms with Crippen molar-refractivity contribution >= 4 is 17.4 Å². The van der Waals surface area contributed by atoms with Crippen LogP contribution in [0.15, 0.2) is 12.7 Å². The summed E-state index contributed by atoms with van der Waals surface area (Å²) in [5.41, 5.74) is 0. The molecular formula is C7H13NOS. The van der Waals surface area contributed by atoms with Crippen molar-refractivity contribution in [1.82, 2.24) is 5.32 Å². The third kappa shape index (κ3) is 5.56. The minimum absolute atomic E-state index is 0.143. The summed E-state index contributed by atoms with van der Waals surface area (Å²) in [6.45, 7) is 8.06. The van der Waals surface area contributed by atoms with Crippen LogP contribution in [0.25, 0.3) is 0 Å². The lowest BCUT2D eigenvalue weighted by molar-refractivity contribution is 0.225. The molecular weight excluding hydrogens is 146 g/mol. The standard InChI is InChI=1S/C7H13NOS/c1-4-5-8-7(10)9-6(2)3/h4,6H,1,5H2,2-3H3,(H,8,10). The van der Waals surface area contributed by atoms with E-state index in [0.29, 0.717) is 11.7 Å². The molecule has 0 aromatic carbocycles. The first kappa shape index (κ1) is 9.43. The number of nitrogens with one attached hydrogen (secondary N) is 1. The van der Waals surface area contributed by atoms with E-state index in [4.69, 9.17) is 17.0 Å². The molecule has 0 fully saturated rings. The Labute approximate surface area is 67.3 Å². The molecule has 0 rings (SSSR count). The lowest BCUT2D eigenvalue weighted by atomic mass is 10.5. The van der Waals surface area contributed by atoms with Crippen molar-refractivity contribution < 1.29 is 4.74 Å². The first-order chi connectivity index (χ1) is 4.66. The molecule has 0 unspecified atom stereocenters. The first-order valence-corrected chi connectivity index (χ1v) is 3.63. The molecule has 0 heterocycles. The second-order valence-electron chi connectivity index (χ2n) is 2.12. The van der Waals surface area contributed by atoms with Gasteiger partial charge in [0.05, 0.1) is 6.10 Å². The zero-order valence-electron chi connectivity index (χ0n) is 6.39. The van der Waals surface area contributed by atoms with Crippen LogP contribution in [-0.2, 0) is 4.74 Å². The summed E-state index contributed by atoms with van der Waals surface area (Å²) in [7, 11) is 0. The predicted molar refractivity (Wildman–Crippen MR) is 47.0 cm³/mol. The molecule has 1 N–H and O–H groups in total. The molecule has 10 heavy (non-hydrogen) atoms. The Hall–Kier alpha value is -0.570. The topological polar surface area (TPSA) is 21.3 Å². The molecule has 0 aromatic heterocycles. The van der Waals surface area contributed by atoms with Crippen molar-refractivity contribution in [2.24, 2.45) is 0 Å². The predicted octanol–water partition coefficient (Wildman–Crippen LogP) is 1.47. The quantitative estimate of drug-likeness (QED) is 0.498. The van der Waals surface area contributed by atoms with Crippen LogP contribution in [0.3, 0.4) is 0 Å². The van der Waals surface area contributed by atoms with Crippen LogP contribution >= 0.6 is 12.2 Å². The summed E-state index contributed by atoms with van der Waals surface area (Å²) < 4.78 is 5.12. The lowest BCUT2D eigenvalue weighted by Crippen LogP contribution is -2.26. The van der Waals surface area contributed by atoms with Crippen LogP contribution in [0.2, 0.25) is 0 Å². The summed E-state index contributed by atoms with van der Waals surface area (Å²) >= 11 is 4.81. The molecule has 0 amide bonds. The van der Waals surface area contributed by atoms with Gasteiger partial charge in [0.1, 0.15) is 0 Å². The van der Waals surface area contributed by atoms with E-state index in [2.05, 4.69) is 11.9 Å². The van der Waals surface area contributed by atoms with E-state index >= 15 is 0 Å². The van der Waals surface area contributed by atoms with Gasteiger partial charge < -0.3 is 10.1 Å². The minimum atomic E-state index is 0.143. The Balaban J connectivity index is 3.34. The third-order valence-corrected chi connectivity index (χ3v) is 0.974. The Morgan fingerprint density at radius 2 is 2.40 bits per heavy atom. The monoisotopic (exact) mass is 159 g/mol. The van der Waals surface area contributed by atoms with E-state index in [-0.39, 0.29) is 6.10 Å². The van der Waals surface area contributed by atoms with Gasteiger partial charge in [-0.3, -0.25) is 0 Å². The van der Waals surface area contributed by atoms with Crippen molar-refractivity contribution in [3.05, 3.63) is 12.7 Å². The zero-order valence-corrected chi connectivity index (χ0v) is 7.20. The SMILES string of the molecule is C=CCNC(=S)OC(C)C. The number of rotatable bonds is 3. The maximum atomic E-state index is 5.12. The van der Waals surface area contributed by atoms with E-state index in [1.165, 1.54) is 0 Å². The van der Waals surface area contributed by atoms with E-state index in [0.717, 1.165) is 0 Å². The molecule has 0 aliphatic rings. The average molecular weight is 159 g/mol. The first-order valence-electron chi connectivity index (χ1n) is 3.22. The number of thiocarbonyl (C=S) groups is 1. The van der Waals surface area contributed by atoms with Crippen LogP contribution in [0.1, 0.15) is 13.8 Å². The van der Waals surface area contributed by atoms with Gasteiger partial charge in [-0.1, -0.05) is 6.08 Å². The fraction of sp³-hybridized carbons (Fsp3) is 0.571. The zero-order chi connectivity index (χ0) is 7.98. The number of hydrogen-bond donors (Lipinski definition) is 1. The smallest absolute Gasteiger partial charge is 0.257 e. The molecule has 0 saturated carbocycles. The van der Waals surface area contributed by atoms with Gasteiger partial charge in [0, 0.05) is 6.54 Å². The molecule has 0 atom stereocenters. The third-order valence-electron chi connectivity index (χ3n) is 0.733. The summed E-state index contributed by atoms with van der Waals surface area (Å²) in [5, 5.41) is 3.29. The van der Waals surface area contributed by atoms with Gasteiger partial charge in [-0.25, -0.2) is 0 Å². The summed E-state index contributed by atoms with van der Waals surface area (Å²) in [6, 6.07) is 0. The fourth-order valence-corrected chi connectivity index (χ4v) is 0.687. The van der Waals surface area contributed by atoms with Crippen molar-refractivity contribution in [3.63, 3.8) is 0 Å². The van der Waals surface area contributed by atoms with Crippen LogP contribution in [0, 0.1) is 0 Å². The van der Waals surface area contributed by atoms with Gasteiger partial charge in [0.25, 0.3) is 5.17 Å². The molecule has 0 aliphatic heterocycles. The largest absolute Gasteiger partial charge is 0.468 e. The molecule has 2 nitrogen and oxygen atoms in total. The maximum absolute atomic E-state index is 5.12. The highest BCUT2D eigenvalue weighted by Gasteiger charge is 1.96. The second-order valence-corrected chi connectivity index (χ2v) is 2.49. The Bertz CT molecular complexity index is 123. The normalized spacial score (nSPS) is 9.10. The number of ether oxygens (including phenoxy) is 1. The highest BCUT2D eigenvalue weighted by molar-refractivity contribution is 7.80. The number of hydrogen-bond acceptors (Lipinski definition) is 2. The Morgan fingerprint density at radius 1 is 1.80 bits per heavy atom. The van der Waals surface area contributed by atoms with Crippen molar-refractivity contribution in [2.45, 2.75) is 20.0 Å². The minimum Gasteiger partial charge on any atom is -0.468 e. The van der Waals surface area contributed by atoms with Gasteiger partial charge in [-0.2, -0.15) is 0 Å². The van der Waals surface area contributed by atoms with Gasteiger partial charge >= 0.3 is 0 Å². The molecule has 3 heteroatoms. The van der Waals surface area contributed by atoms with Crippen LogP contribution in [0.5, 0.6) is 0 Å². The van der Waals surface area contributed by atoms with Gasteiger partial charge in [-0.15, -0.1) is 6.58 Å². The molecule has 0 saturated heterocycles. The van der Waals surface area contributed by atoms with Gasteiger partial charge in [0.15, 0.2) is 0 Å². The van der Waals surface area contributed by atoms with E-state index in [9.17, 15) is 0 Å². The Kier molecular flexibility index (Phi) is 4.94. The van der Waals surface area contributed by atoms with Gasteiger partial charge in [0.2, 0.25) is 0 Å². The molecule has 0 spiro atoms. The molecule has 0 aromatic rings. The fourth-order valence-electron chi connectivity index (χ4n) is 0.411. The highest BCUT2D eigenvalue weighted by Crippen LogP contribution is 1.87. The van der Waals surface area contributed by atoms with Crippen molar-refractivity contribution in [2.75, 3.05) is 6.54 Å². The van der Waals surface area contributed by atoms with E-state index < -0.39 is 0 Å². The van der Waals surface area contributed by atoms with E-state index in [1.54, 1.807) is 6.08 Å². The average Bonchev–Trinajstić information content (AvgIpc) is 1.82. The molecule has 0 aliphatic carbocycles. The van der Waals surface area contributed by atoms with Crippen LogP contribution in [0.4, 0.5) is 0 Å².